The SMILES string of the molecule is Cc1ccc(NC(=O)C2CCN(C[C@@H](O)Cn3cccn3)CC2)nc1. The number of carbonyl (C=O) groups is 1. The van der Waals surface area contributed by atoms with E-state index in [0.29, 0.717) is 18.9 Å². The van der Waals surface area contributed by atoms with E-state index in [0.717, 1.165) is 31.5 Å². The molecule has 3 heterocycles. The van der Waals surface area contributed by atoms with E-state index >= 15 is 0 Å². The van der Waals surface area contributed by atoms with Gasteiger partial charge in [-0.25, -0.2) is 4.98 Å². The number of nitrogens with zero attached hydrogens (tertiary/aromatic N) is 4. The van der Waals surface area contributed by atoms with Gasteiger partial charge in [0.1, 0.15) is 5.82 Å². The molecule has 7 nitrogen and oxygen atoms in total. The maximum atomic E-state index is 12.4. The molecule has 2 aromatic heterocycles. The van der Waals surface area contributed by atoms with E-state index in [4.69, 9.17) is 0 Å². The first-order chi connectivity index (χ1) is 12.1. The molecule has 2 aromatic rings. The fraction of sp³-hybridized carbons (Fsp3) is 0.500. The third kappa shape index (κ3) is 5.11. The van der Waals surface area contributed by atoms with Gasteiger partial charge in [-0.2, -0.15) is 5.10 Å². The summed E-state index contributed by atoms with van der Waals surface area (Å²) < 4.78 is 1.74. The predicted molar refractivity (Wildman–Crippen MR) is 95.0 cm³/mol. The van der Waals surface area contributed by atoms with E-state index in [1.165, 1.54) is 0 Å². The normalized spacial score (nSPS) is 17.4. The fourth-order valence-corrected chi connectivity index (χ4v) is 3.13. The first kappa shape index (κ1) is 17.6. The van der Waals surface area contributed by atoms with Crippen LogP contribution in [-0.2, 0) is 11.3 Å². The molecule has 0 aliphatic carbocycles. The van der Waals surface area contributed by atoms with Crippen molar-refractivity contribution < 1.29 is 9.90 Å². The molecule has 1 atom stereocenters. The van der Waals surface area contributed by atoms with Crippen LogP contribution in [0.1, 0.15) is 18.4 Å². The van der Waals surface area contributed by atoms with Crippen LogP contribution in [0.3, 0.4) is 0 Å². The summed E-state index contributed by atoms with van der Waals surface area (Å²) in [5.74, 6) is 0.642. The van der Waals surface area contributed by atoms with Crippen molar-refractivity contribution in [1.29, 1.82) is 0 Å². The molecule has 25 heavy (non-hydrogen) atoms. The van der Waals surface area contributed by atoms with Gasteiger partial charge in [0.15, 0.2) is 0 Å². The average Bonchev–Trinajstić information content (AvgIpc) is 3.10. The van der Waals surface area contributed by atoms with Gasteiger partial charge in [0.25, 0.3) is 0 Å². The highest BCUT2D eigenvalue weighted by atomic mass is 16.3. The zero-order valence-corrected chi connectivity index (χ0v) is 14.5. The second kappa shape index (κ2) is 8.22. The molecule has 0 radical (unpaired) electrons. The summed E-state index contributed by atoms with van der Waals surface area (Å²) in [5.41, 5.74) is 1.07. The van der Waals surface area contributed by atoms with Crippen LogP contribution in [0.4, 0.5) is 5.82 Å². The van der Waals surface area contributed by atoms with Crippen molar-refractivity contribution in [2.75, 3.05) is 25.0 Å². The number of nitrogens with one attached hydrogen (secondary N) is 1. The molecule has 1 amide bonds. The highest BCUT2D eigenvalue weighted by molar-refractivity contribution is 5.91. The Bertz CT molecular complexity index is 663. The Balaban J connectivity index is 1.41. The number of anilines is 1. The number of hydrogen-bond acceptors (Lipinski definition) is 5. The number of aromatic nitrogens is 3. The number of aliphatic hydroxyl groups is 1. The van der Waals surface area contributed by atoms with Crippen LogP contribution in [-0.4, -0.2) is 56.4 Å². The van der Waals surface area contributed by atoms with Gasteiger partial charge >= 0.3 is 0 Å². The third-order valence-corrected chi connectivity index (χ3v) is 4.55. The van der Waals surface area contributed by atoms with Gasteiger partial charge in [-0.3, -0.25) is 9.48 Å². The summed E-state index contributed by atoms with van der Waals surface area (Å²) in [4.78, 5) is 18.8. The lowest BCUT2D eigenvalue weighted by Gasteiger charge is -2.32. The molecule has 3 rings (SSSR count). The molecule has 134 valence electrons. The molecule has 2 N–H and O–H groups in total. The Kier molecular flexibility index (Phi) is 5.78. The Morgan fingerprint density at radius 2 is 2.16 bits per heavy atom. The number of likely N-dealkylation sites (tertiary alicyclic amines) is 1. The minimum absolute atomic E-state index is 0.00242. The van der Waals surface area contributed by atoms with Crippen LogP contribution < -0.4 is 5.32 Å². The quantitative estimate of drug-likeness (QED) is 0.826. The van der Waals surface area contributed by atoms with E-state index in [2.05, 4.69) is 20.3 Å². The lowest BCUT2D eigenvalue weighted by molar-refractivity contribution is -0.121. The Morgan fingerprint density at radius 1 is 1.36 bits per heavy atom. The minimum Gasteiger partial charge on any atom is -0.390 e. The average molecular weight is 343 g/mol. The van der Waals surface area contributed by atoms with Crippen LogP contribution in [0.25, 0.3) is 0 Å². The van der Waals surface area contributed by atoms with Crippen molar-refractivity contribution in [3.05, 3.63) is 42.4 Å². The standard InChI is InChI=1S/C18H25N5O2/c1-14-3-4-17(19-11-14)21-18(25)15-5-9-22(10-6-15)12-16(24)13-23-8-2-7-20-23/h2-4,7-8,11,15-16,24H,5-6,9-10,12-13H2,1H3,(H,19,21,25)/t16-/m1/s1. The third-order valence-electron chi connectivity index (χ3n) is 4.55. The van der Waals surface area contributed by atoms with Crippen LogP contribution >= 0.6 is 0 Å². The molecule has 1 saturated heterocycles. The zero-order chi connectivity index (χ0) is 17.6. The van der Waals surface area contributed by atoms with Crippen LogP contribution in [0, 0.1) is 12.8 Å². The maximum Gasteiger partial charge on any atom is 0.228 e. The molecule has 0 unspecified atom stereocenters. The highest BCUT2D eigenvalue weighted by Crippen LogP contribution is 2.19. The highest BCUT2D eigenvalue weighted by Gasteiger charge is 2.26. The van der Waals surface area contributed by atoms with Crippen molar-refractivity contribution in [3.63, 3.8) is 0 Å². The van der Waals surface area contributed by atoms with Gasteiger partial charge in [0, 0.05) is 31.1 Å². The molecule has 1 fully saturated rings. The topological polar surface area (TPSA) is 83.3 Å². The van der Waals surface area contributed by atoms with Crippen molar-refractivity contribution in [1.82, 2.24) is 19.7 Å². The largest absolute Gasteiger partial charge is 0.390 e. The number of β-amino-alcohol motifs (C(OH)–C–C–N with tert-alkyl or cyclic N) is 1. The molecule has 1 aliphatic rings. The zero-order valence-electron chi connectivity index (χ0n) is 14.5. The van der Waals surface area contributed by atoms with Gasteiger partial charge in [0.05, 0.1) is 12.6 Å². The summed E-state index contributed by atoms with van der Waals surface area (Å²) >= 11 is 0. The van der Waals surface area contributed by atoms with Crippen LogP contribution in [0.2, 0.25) is 0 Å². The van der Waals surface area contributed by atoms with Gasteiger partial charge in [-0.15, -0.1) is 0 Å². The second-order valence-electron chi connectivity index (χ2n) is 6.67. The lowest BCUT2D eigenvalue weighted by atomic mass is 9.95. The summed E-state index contributed by atoms with van der Waals surface area (Å²) in [5, 5.41) is 17.2. The molecular formula is C18H25N5O2. The van der Waals surface area contributed by atoms with Crippen molar-refractivity contribution >= 4 is 11.7 Å². The second-order valence-corrected chi connectivity index (χ2v) is 6.67. The number of amides is 1. The van der Waals surface area contributed by atoms with Crippen molar-refractivity contribution in [2.24, 2.45) is 5.92 Å². The van der Waals surface area contributed by atoms with Gasteiger partial charge in [-0.1, -0.05) is 6.07 Å². The smallest absolute Gasteiger partial charge is 0.228 e. The van der Waals surface area contributed by atoms with Gasteiger partial charge in [0.2, 0.25) is 5.91 Å². The monoisotopic (exact) mass is 343 g/mol. The van der Waals surface area contributed by atoms with E-state index < -0.39 is 6.10 Å². The first-order valence-electron chi connectivity index (χ1n) is 8.71. The lowest BCUT2D eigenvalue weighted by Crippen LogP contribution is -2.42. The van der Waals surface area contributed by atoms with Crippen molar-refractivity contribution in [2.45, 2.75) is 32.4 Å². The van der Waals surface area contributed by atoms with E-state index in [9.17, 15) is 9.90 Å². The molecule has 0 spiro atoms. The summed E-state index contributed by atoms with van der Waals surface area (Å²) in [7, 11) is 0. The Labute approximate surface area is 147 Å². The summed E-state index contributed by atoms with van der Waals surface area (Å²) in [6.07, 6.45) is 6.44. The Morgan fingerprint density at radius 3 is 2.80 bits per heavy atom. The van der Waals surface area contributed by atoms with Crippen molar-refractivity contribution in [3.8, 4) is 0 Å². The van der Waals surface area contributed by atoms with Crippen LogP contribution in [0.15, 0.2) is 36.8 Å². The molecular weight excluding hydrogens is 318 g/mol. The number of aliphatic hydroxyl groups excluding tert-OH is 1. The first-order valence-corrected chi connectivity index (χ1v) is 8.71. The van der Waals surface area contributed by atoms with E-state index in [-0.39, 0.29) is 11.8 Å². The van der Waals surface area contributed by atoms with Gasteiger partial charge in [-0.05, 0) is 50.6 Å². The van der Waals surface area contributed by atoms with E-state index in [1.54, 1.807) is 17.1 Å². The predicted octanol–water partition coefficient (Wildman–Crippen LogP) is 1.30. The van der Waals surface area contributed by atoms with E-state index in [1.807, 2.05) is 31.3 Å². The minimum atomic E-state index is -0.456. The number of carbonyl (C=O) groups excluding carboxylic acids is 1. The molecule has 7 heteroatoms. The molecule has 0 bridgehead atoms. The number of pyridine rings is 1. The Hall–Kier alpha value is -2.25. The van der Waals surface area contributed by atoms with Gasteiger partial charge < -0.3 is 15.3 Å². The molecule has 0 saturated carbocycles. The number of piperidine rings is 1. The summed E-state index contributed by atoms with van der Waals surface area (Å²) in [6.45, 7) is 4.69. The number of hydrogen-bond donors (Lipinski definition) is 2. The molecule has 1 aliphatic heterocycles. The van der Waals surface area contributed by atoms with Crippen LogP contribution in [0.5, 0.6) is 0 Å². The molecule has 0 aromatic carbocycles. The number of aryl methyl sites for hydroxylation is 1. The fourth-order valence-electron chi connectivity index (χ4n) is 3.13. The summed E-state index contributed by atoms with van der Waals surface area (Å²) in [6, 6.07) is 5.61. The maximum absolute atomic E-state index is 12.4. The number of rotatable bonds is 6.